The second kappa shape index (κ2) is 10.8. The van der Waals surface area contributed by atoms with E-state index in [0.29, 0.717) is 5.89 Å². The molecule has 0 N–H and O–H groups in total. The lowest BCUT2D eigenvalue weighted by Crippen LogP contribution is -2.09. The van der Waals surface area contributed by atoms with Gasteiger partial charge in [-0.2, -0.15) is 0 Å². The van der Waals surface area contributed by atoms with Gasteiger partial charge in [0.1, 0.15) is 5.52 Å². The Morgan fingerprint density at radius 3 is 1.87 bits per heavy atom. The highest BCUT2D eigenvalue weighted by Crippen LogP contribution is 2.39. The van der Waals surface area contributed by atoms with E-state index in [4.69, 9.17) is 9.40 Å². The molecule has 0 amide bonds. The van der Waals surface area contributed by atoms with Crippen LogP contribution in [0.15, 0.2) is 174 Å². The van der Waals surface area contributed by atoms with E-state index < -0.39 is 0 Å². The SMILES string of the molecule is c1ccc(N(c2ccc(-c3cccc4ccccc34)cc2)c2ccc3cc(-c4nc5ccc6ccccc6c5o4)ccc3c2)cc1. The van der Waals surface area contributed by atoms with Gasteiger partial charge in [-0.25, -0.2) is 4.98 Å². The van der Waals surface area contributed by atoms with E-state index in [1.54, 1.807) is 0 Å². The van der Waals surface area contributed by atoms with Gasteiger partial charge < -0.3 is 9.32 Å². The van der Waals surface area contributed by atoms with E-state index in [1.807, 2.05) is 18.2 Å². The Hall–Kier alpha value is -6.19. The first-order valence-electron chi connectivity index (χ1n) is 15.5. The van der Waals surface area contributed by atoms with Crippen molar-refractivity contribution in [3.05, 3.63) is 170 Å². The number of hydrogen-bond acceptors (Lipinski definition) is 3. The standard InChI is InChI=1S/C43H28N2O/c1-2-12-35(13-3-1)45(36-23-19-31(20-24-36)39-16-8-11-29-9-4-6-14-38(29)39)37-25-21-32-27-34(18-17-33(32)28-37)43-44-41-26-22-30-10-5-7-15-40(30)42(41)46-43/h1-28H. The van der Waals surface area contributed by atoms with Gasteiger partial charge in [0, 0.05) is 28.0 Å². The lowest BCUT2D eigenvalue weighted by atomic mass is 9.98. The molecule has 0 aliphatic heterocycles. The van der Waals surface area contributed by atoms with Crippen molar-refractivity contribution in [3.63, 3.8) is 0 Å². The molecule has 0 aliphatic carbocycles. The molecule has 0 atom stereocenters. The highest BCUT2D eigenvalue weighted by Gasteiger charge is 2.15. The topological polar surface area (TPSA) is 29.3 Å². The normalized spacial score (nSPS) is 11.5. The fourth-order valence-electron chi connectivity index (χ4n) is 6.58. The lowest BCUT2D eigenvalue weighted by Gasteiger charge is -2.26. The molecule has 0 unspecified atom stereocenters. The van der Waals surface area contributed by atoms with Crippen molar-refractivity contribution in [1.82, 2.24) is 4.98 Å². The number of anilines is 3. The molecule has 46 heavy (non-hydrogen) atoms. The third-order valence-electron chi connectivity index (χ3n) is 8.85. The highest BCUT2D eigenvalue weighted by atomic mass is 16.3. The molecule has 0 aliphatic rings. The molecule has 9 aromatic rings. The quantitative estimate of drug-likeness (QED) is 0.200. The van der Waals surface area contributed by atoms with Crippen LogP contribution in [0.25, 0.3) is 66.0 Å². The number of benzene rings is 8. The fourth-order valence-corrected chi connectivity index (χ4v) is 6.58. The van der Waals surface area contributed by atoms with Crippen LogP contribution in [0, 0.1) is 0 Å². The second-order valence-corrected chi connectivity index (χ2v) is 11.6. The zero-order valence-electron chi connectivity index (χ0n) is 25.0. The summed E-state index contributed by atoms with van der Waals surface area (Å²) in [5.74, 6) is 0.634. The molecule has 9 rings (SSSR count). The molecule has 0 saturated heterocycles. The number of nitrogens with zero attached hydrogens (tertiary/aromatic N) is 2. The molecule has 3 nitrogen and oxygen atoms in total. The van der Waals surface area contributed by atoms with Gasteiger partial charge in [0.2, 0.25) is 5.89 Å². The zero-order valence-corrected chi connectivity index (χ0v) is 25.0. The van der Waals surface area contributed by atoms with Crippen LogP contribution in [-0.2, 0) is 0 Å². The number of hydrogen-bond donors (Lipinski definition) is 0. The third kappa shape index (κ3) is 4.49. The summed E-state index contributed by atoms with van der Waals surface area (Å²) in [5.41, 5.74) is 8.40. The molecule has 1 aromatic heterocycles. The monoisotopic (exact) mass is 588 g/mol. The first kappa shape index (κ1) is 26.2. The highest BCUT2D eigenvalue weighted by molar-refractivity contribution is 6.03. The van der Waals surface area contributed by atoms with Crippen LogP contribution in [0.3, 0.4) is 0 Å². The summed E-state index contributed by atoms with van der Waals surface area (Å²) in [5, 5.41) is 7.02. The van der Waals surface area contributed by atoms with Gasteiger partial charge in [-0.05, 0) is 92.7 Å². The average molecular weight is 589 g/mol. The van der Waals surface area contributed by atoms with Crippen molar-refractivity contribution < 1.29 is 4.42 Å². The van der Waals surface area contributed by atoms with Crippen LogP contribution in [0.2, 0.25) is 0 Å². The predicted octanol–water partition coefficient (Wildman–Crippen LogP) is 12.1. The van der Waals surface area contributed by atoms with E-state index in [-0.39, 0.29) is 0 Å². The van der Waals surface area contributed by atoms with Crippen molar-refractivity contribution in [2.24, 2.45) is 0 Å². The maximum Gasteiger partial charge on any atom is 0.227 e. The van der Waals surface area contributed by atoms with Crippen molar-refractivity contribution >= 4 is 60.5 Å². The molecular formula is C43H28N2O. The Morgan fingerprint density at radius 2 is 1.02 bits per heavy atom. The van der Waals surface area contributed by atoms with Crippen molar-refractivity contribution in [1.29, 1.82) is 0 Å². The van der Waals surface area contributed by atoms with Gasteiger partial charge in [0.05, 0.1) is 0 Å². The number of aromatic nitrogens is 1. The van der Waals surface area contributed by atoms with Crippen molar-refractivity contribution in [3.8, 4) is 22.6 Å². The van der Waals surface area contributed by atoms with Gasteiger partial charge in [0.15, 0.2) is 5.58 Å². The summed E-state index contributed by atoms with van der Waals surface area (Å²) in [6, 6.07) is 60.0. The van der Waals surface area contributed by atoms with Gasteiger partial charge in [-0.1, -0.05) is 115 Å². The molecule has 8 aromatic carbocycles. The van der Waals surface area contributed by atoms with E-state index in [1.165, 1.54) is 21.9 Å². The maximum atomic E-state index is 6.34. The van der Waals surface area contributed by atoms with Crippen molar-refractivity contribution in [2.45, 2.75) is 0 Å². The molecule has 0 saturated carbocycles. The summed E-state index contributed by atoms with van der Waals surface area (Å²) < 4.78 is 6.34. The molecule has 216 valence electrons. The summed E-state index contributed by atoms with van der Waals surface area (Å²) in [6.07, 6.45) is 0. The number of fused-ring (bicyclic) bond motifs is 5. The first-order chi connectivity index (χ1) is 22.8. The minimum absolute atomic E-state index is 0.634. The average Bonchev–Trinajstić information content (AvgIpc) is 3.57. The molecule has 3 heteroatoms. The van der Waals surface area contributed by atoms with E-state index in [0.717, 1.165) is 55.3 Å². The molecule has 0 spiro atoms. The van der Waals surface area contributed by atoms with Crippen LogP contribution in [0.5, 0.6) is 0 Å². The number of rotatable bonds is 5. The maximum absolute atomic E-state index is 6.34. The molecule has 0 bridgehead atoms. The van der Waals surface area contributed by atoms with E-state index in [2.05, 4.69) is 157 Å². The summed E-state index contributed by atoms with van der Waals surface area (Å²) in [4.78, 5) is 7.15. The Bertz CT molecular complexity index is 2530. The van der Waals surface area contributed by atoms with Gasteiger partial charge >= 0.3 is 0 Å². The first-order valence-corrected chi connectivity index (χ1v) is 15.5. The van der Waals surface area contributed by atoms with Crippen LogP contribution in [0.1, 0.15) is 0 Å². The smallest absolute Gasteiger partial charge is 0.227 e. The second-order valence-electron chi connectivity index (χ2n) is 11.6. The lowest BCUT2D eigenvalue weighted by molar-refractivity contribution is 0.623. The van der Waals surface area contributed by atoms with Crippen LogP contribution in [-0.4, -0.2) is 4.98 Å². The summed E-state index contributed by atoms with van der Waals surface area (Å²) >= 11 is 0. The van der Waals surface area contributed by atoms with Crippen LogP contribution >= 0.6 is 0 Å². The number of oxazole rings is 1. The Kier molecular flexibility index (Phi) is 6.14. The van der Waals surface area contributed by atoms with Crippen LogP contribution in [0.4, 0.5) is 17.1 Å². The largest absolute Gasteiger partial charge is 0.435 e. The van der Waals surface area contributed by atoms with E-state index >= 15 is 0 Å². The van der Waals surface area contributed by atoms with Gasteiger partial charge in [0.25, 0.3) is 0 Å². The predicted molar refractivity (Wildman–Crippen MR) is 192 cm³/mol. The van der Waals surface area contributed by atoms with Gasteiger partial charge in [-0.3, -0.25) is 0 Å². The Balaban J connectivity index is 1.10. The number of para-hydroxylation sites is 1. The van der Waals surface area contributed by atoms with Gasteiger partial charge in [-0.15, -0.1) is 0 Å². The molecule has 1 heterocycles. The summed E-state index contributed by atoms with van der Waals surface area (Å²) in [7, 11) is 0. The Labute approximate surface area is 266 Å². The van der Waals surface area contributed by atoms with Crippen molar-refractivity contribution in [2.75, 3.05) is 4.90 Å². The molecule has 0 fully saturated rings. The minimum Gasteiger partial charge on any atom is -0.435 e. The Morgan fingerprint density at radius 1 is 0.413 bits per heavy atom. The molecule has 0 radical (unpaired) electrons. The van der Waals surface area contributed by atoms with Crippen LogP contribution < -0.4 is 4.90 Å². The van der Waals surface area contributed by atoms with E-state index in [9.17, 15) is 0 Å². The zero-order chi connectivity index (χ0) is 30.5. The molecular weight excluding hydrogens is 560 g/mol. The summed E-state index contributed by atoms with van der Waals surface area (Å²) in [6.45, 7) is 0. The minimum atomic E-state index is 0.634. The fraction of sp³-hybridized carbons (Fsp3) is 0. The third-order valence-corrected chi connectivity index (χ3v) is 8.85.